The maximum Gasteiger partial charge on any atom is 0.418 e. The van der Waals surface area contributed by atoms with Gasteiger partial charge in [0.15, 0.2) is 0 Å². The average molecular weight is 363 g/mol. The molecule has 3 aromatic rings. The van der Waals surface area contributed by atoms with Crippen LogP contribution in [0.1, 0.15) is 31.2 Å². The lowest BCUT2D eigenvalue weighted by molar-refractivity contribution is -0.136. The van der Waals surface area contributed by atoms with E-state index in [2.05, 4.69) is 15.1 Å². The number of aromatic nitrogens is 4. The summed E-state index contributed by atoms with van der Waals surface area (Å²) in [6.45, 7) is 1.45. The van der Waals surface area contributed by atoms with Gasteiger partial charge in [-0.05, 0) is 31.5 Å². The molecular weight excluding hydrogens is 343 g/mol. The lowest BCUT2D eigenvalue weighted by atomic mass is 10.1. The largest absolute Gasteiger partial charge is 0.418 e. The van der Waals surface area contributed by atoms with E-state index >= 15 is 0 Å². The van der Waals surface area contributed by atoms with E-state index in [1.807, 2.05) is 0 Å². The number of fused-ring (bicyclic) bond motifs is 1. The predicted molar refractivity (Wildman–Crippen MR) is 93.3 cm³/mol. The second-order valence-electron chi connectivity index (χ2n) is 6.12. The minimum absolute atomic E-state index is 0.146. The highest BCUT2D eigenvalue weighted by atomic mass is 19.4. The fourth-order valence-electron chi connectivity index (χ4n) is 2.79. The van der Waals surface area contributed by atoms with Gasteiger partial charge in [-0.25, -0.2) is 4.98 Å². The molecule has 8 heteroatoms. The molecular formula is C18H20F3N5. The quantitative estimate of drug-likeness (QED) is 0.644. The molecule has 0 unspecified atom stereocenters. The third-order valence-electron chi connectivity index (χ3n) is 4.15. The van der Waals surface area contributed by atoms with Gasteiger partial charge in [-0.15, -0.1) is 0 Å². The molecule has 0 spiro atoms. The topological polar surface area (TPSA) is 69.6 Å². The first-order valence-electron chi connectivity index (χ1n) is 8.55. The Kier molecular flexibility index (Phi) is 5.51. The molecule has 0 saturated carbocycles. The molecule has 0 atom stereocenters. The maximum atomic E-state index is 13.2. The van der Waals surface area contributed by atoms with Crippen LogP contribution in [0, 0.1) is 0 Å². The molecule has 0 amide bonds. The van der Waals surface area contributed by atoms with Crippen LogP contribution in [0.3, 0.4) is 0 Å². The Labute approximate surface area is 149 Å². The molecule has 2 N–H and O–H groups in total. The summed E-state index contributed by atoms with van der Waals surface area (Å²) in [5, 5.41) is 4.26. The zero-order valence-corrected chi connectivity index (χ0v) is 14.2. The zero-order valence-electron chi connectivity index (χ0n) is 14.2. The van der Waals surface area contributed by atoms with E-state index in [4.69, 9.17) is 5.73 Å². The molecule has 2 aromatic heterocycles. The summed E-state index contributed by atoms with van der Waals surface area (Å²) in [5.74, 6) is 0. The van der Waals surface area contributed by atoms with Crippen molar-refractivity contribution in [3.63, 3.8) is 0 Å². The van der Waals surface area contributed by atoms with Gasteiger partial charge in [0.1, 0.15) is 5.52 Å². The van der Waals surface area contributed by atoms with Crippen molar-refractivity contribution in [1.29, 1.82) is 0 Å². The highest BCUT2D eigenvalue weighted by molar-refractivity contribution is 5.80. The van der Waals surface area contributed by atoms with Gasteiger partial charge in [-0.1, -0.05) is 18.9 Å². The summed E-state index contributed by atoms with van der Waals surface area (Å²) in [6.07, 6.45) is 4.53. The van der Waals surface area contributed by atoms with Crippen molar-refractivity contribution in [2.75, 3.05) is 6.54 Å². The van der Waals surface area contributed by atoms with Gasteiger partial charge in [-0.3, -0.25) is 9.67 Å². The number of nitrogens with zero attached hydrogens (tertiary/aromatic N) is 4. The van der Waals surface area contributed by atoms with Crippen LogP contribution in [0.5, 0.6) is 0 Å². The Morgan fingerprint density at radius 3 is 2.62 bits per heavy atom. The Balaban J connectivity index is 1.80. The number of unbranched alkanes of at least 4 members (excludes halogenated alkanes) is 3. The number of aryl methyl sites for hydroxylation is 1. The van der Waals surface area contributed by atoms with Crippen LogP contribution in [0.15, 0.2) is 36.8 Å². The summed E-state index contributed by atoms with van der Waals surface area (Å²) >= 11 is 0. The third kappa shape index (κ3) is 4.19. The van der Waals surface area contributed by atoms with E-state index in [0.717, 1.165) is 38.3 Å². The van der Waals surface area contributed by atoms with Crippen molar-refractivity contribution in [3.05, 3.63) is 42.4 Å². The number of halogens is 3. The highest BCUT2D eigenvalue weighted by Crippen LogP contribution is 2.34. The molecule has 0 aliphatic rings. The van der Waals surface area contributed by atoms with E-state index in [1.54, 1.807) is 17.1 Å². The van der Waals surface area contributed by atoms with Crippen molar-refractivity contribution in [2.24, 2.45) is 5.73 Å². The second-order valence-corrected chi connectivity index (χ2v) is 6.12. The number of para-hydroxylation sites is 1. The van der Waals surface area contributed by atoms with Crippen LogP contribution >= 0.6 is 0 Å². The minimum Gasteiger partial charge on any atom is -0.330 e. The van der Waals surface area contributed by atoms with Gasteiger partial charge in [0, 0.05) is 18.3 Å². The van der Waals surface area contributed by atoms with Crippen LogP contribution < -0.4 is 5.73 Å². The molecule has 26 heavy (non-hydrogen) atoms. The van der Waals surface area contributed by atoms with Gasteiger partial charge < -0.3 is 5.73 Å². The summed E-state index contributed by atoms with van der Waals surface area (Å²) in [4.78, 5) is 8.32. The number of hydrogen-bond acceptors (Lipinski definition) is 4. The monoisotopic (exact) mass is 363 g/mol. The molecule has 0 radical (unpaired) electrons. The zero-order chi connectivity index (χ0) is 18.6. The summed E-state index contributed by atoms with van der Waals surface area (Å²) < 4.78 is 41.4. The molecule has 0 aliphatic heterocycles. The predicted octanol–water partition coefficient (Wildman–Crippen LogP) is 4.03. The number of benzene rings is 1. The summed E-state index contributed by atoms with van der Waals surface area (Å²) in [7, 11) is 0. The molecule has 2 heterocycles. The van der Waals surface area contributed by atoms with E-state index in [9.17, 15) is 13.2 Å². The van der Waals surface area contributed by atoms with E-state index in [-0.39, 0.29) is 11.0 Å². The van der Waals surface area contributed by atoms with Crippen LogP contribution in [0.4, 0.5) is 13.2 Å². The summed E-state index contributed by atoms with van der Waals surface area (Å²) in [6, 6.07) is 3.87. The lowest BCUT2D eigenvalue weighted by Crippen LogP contribution is -2.07. The van der Waals surface area contributed by atoms with Crippen LogP contribution in [-0.4, -0.2) is 26.3 Å². The van der Waals surface area contributed by atoms with Crippen LogP contribution in [0.2, 0.25) is 0 Å². The molecule has 0 saturated heterocycles. The van der Waals surface area contributed by atoms with Gasteiger partial charge in [0.05, 0.1) is 29.2 Å². The number of nitrogens with two attached hydrogens (primary N) is 1. The first-order chi connectivity index (χ1) is 12.5. The van der Waals surface area contributed by atoms with Gasteiger partial charge >= 0.3 is 6.18 Å². The Bertz CT molecular complexity index is 873. The van der Waals surface area contributed by atoms with Crippen molar-refractivity contribution < 1.29 is 13.2 Å². The molecule has 3 rings (SSSR count). The SMILES string of the molecule is NCCCCCCn1cc(-c2cnc3cccc(C(F)(F)F)c3n2)cn1. The summed E-state index contributed by atoms with van der Waals surface area (Å²) in [5.41, 5.74) is 5.79. The molecule has 0 fully saturated rings. The van der Waals surface area contributed by atoms with E-state index in [0.29, 0.717) is 17.8 Å². The first-order valence-corrected chi connectivity index (χ1v) is 8.55. The first kappa shape index (κ1) is 18.3. The molecule has 0 aliphatic carbocycles. The minimum atomic E-state index is -4.47. The smallest absolute Gasteiger partial charge is 0.330 e. The maximum absolute atomic E-state index is 13.2. The molecule has 1 aromatic carbocycles. The highest BCUT2D eigenvalue weighted by Gasteiger charge is 2.33. The Morgan fingerprint density at radius 2 is 1.85 bits per heavy atom. The molecule has 138 valence electrons. The van der Waals surface area contributed by atoms with Crippen molar-refractivity contribution in [2.45, 2.75) is 38.4 Å². The standard InChI is InChI=1S/C18H20F3N5/c19-18(20,21)14-6-5-7-15-17(14)25-16(11-23-15)13-10-24-26(12-13)9-4-2-1-3-8-22/h5-7,10-12H,1-4,8-9,22H2. The van der Waals surface area contributed by atoms with Gasteiger partial charge in [0.25, 0.3) is 0 Å². The van der Waals surface area contributed by atoms with Crippen molar-refractivity contribution >= 4 is 11.0 Å². The fraction of sp³-hybridized carbons (Fsp3) is 0.389. The second kappa shape index (κ2) is 7.82. The molecule has 5 nitrogen and oxygen atoms in total. The average Bonchev–Trinajstić information content (AvgIpc) is 3.08. The molecule has 0 bridgehead atoms. The van der Waals surface area contributed by atoms with Crippen LogP contribution in [-0.2, 0) is 12.7 Å². The Hall–Kier alpha value is -2.48. The van der Waals surface area contributed by atoms with E-state index in [1.165, 1.54) is 18.3 Å². The third-order valence-corrected chi connectivity index (χ3v) is 4.15. The number of alkyl halides is 3. The van der Waals surface area contributed by atoms with Crippen molar-refractivity contribution in [3.8, 4) is 11.3 Å². The normalized spacial score (nSPS) is 12.0. The number of hydrogen-bond donors (Lipinski definition) is 1. The van der Waals surface area contributed by atoms with Gasteiger partial charge in [-0.2, -0.15) is 18.3 Å². The van der Waals surface area contributed by atoms with Crippen molar-refractivity contribution in [1.82, 2.24) is 19.7 Å². The number of rotatable bonds is 7. The van der Waals surface area contributed by atoms with Crippen LogP contribution in [0.25, 0.3) is 22.3 Å². The van der Waals surface area contributed by atoms with E-state index < -0.39 is 11.7 Å². The lowest BCUT2D eigenvalue weighted by Gasteiger charge is -2.09. The fourth-order valence-corrected chi connectivity index (χ4v) is 2.79. The van der Waals surface area contributed by atoms with Gasteiger partial charge in [0.2, 0.25) is 0 Å². The Morgan fingerprint density at radius 1 is 1.04 bits per heavy atom.